The Kier molecular flexibility index (Phi) is 6.60. The fourth-order valence-electron chi connectivity index (χ4n) is 2.74. The number of nitrogens with zero attached hydrogens (tertiary/aromatic N) is 4. The molecule has 3 aromatic rings. The van der Waals surface area contributed by atoms with Gasteiger partial charge in [-0.3, -0.25) is 9.48 Å². The molecular weight excluding hydrogens is 402 g/mol. The number of methoxy groups -OCH3 is 1. The van der Waals surface area contributed by atoms with Crippen molar-refractivity contribution in [2.24, 2.45) is 0 Å². The third kappa shape index (κ3) is 5.31. The second-order valence-electron chi connectivity index (χ2n) is 6.32. The van der Waals surface area contributed by atoms with Crippen LogP contribution in [-0.2, 0) is 22.7 Å². The number of benzene rings is 1. The van der Waals surface area contributed by atoms with Crippen LogP contribution in [0.5, 0.6) is 11.5 Å². The van der Waals surface area contributed by atoms with Gasteiger partial charge in [0, 0.05) is 11.3 Å². The first-order valence-electron chi connectivity index (χ1n) is 8.98. The molecule has 0 spiro atoms. The topological polar surface area (TPSA) is 102 Å². The summed E-state index contributed by atoms with van der Waals surface area (Å²) < 4.78 is 46.2. The van der Waals surface area contributed by atoms with Crippen molar-refractivity contribution < 1.29 is 32.3 Å². The highest BCUT2D eigenvalue weighted by Gasteiger charge is 2.16. The van der Waals surface area contributed by atoms with Gasteiger partial charge < -0.3 is 18.7 Å². The number of aryl methyl sites for hydroxylation is 3. The molecule has 0 unspecified atom stereocenters. The van der Waals surface area contributed by atoms with Crippen molar-refractivity contribution in [3.05, 3.63) is 41.5 Å². The maximum absolute atomic E-state index is 12.4. The lowest BCUT2D eigenvalue weighted by Crippen LogP contribution is -2.11. The number of halogens is 2. The molecule has 2 heterocycles. The molecule has 160 valence electrons. The van der Waals surface area contributed by atoms with Gasteiger partial charge in [0.1, 0.15) is 0 Å². The Labute approximate surface area is 170 Å². The Hall–Kier alpha value is -3.50. The molecule has 0 aliphatic rings. The van der Waals surface area contributed by atoms with Crippen LogP contribution in [0.1, 0.15) is 23.7 Å². The number of hydrogen-bond acceptors (Lipinski definition) is 8. The summed E-state index contributed by atoms with van der Waals surface area (Å²) in [4.78, 5) is 16.1. The standard InChI is InChI=1S/C19H20F2N4O5/c1-11-8-12(2)25(23-11)7-6-17(26)28-10-16-22-18(24-30-16)13-4-5-14(29-19(20)21)15(9-13)27-3/h4-5,8-9,19H,6-7,10H2,1-3H3. The molecule has 0 atom stereocenters. The SMILES string of the molecule is COc1cc(-c2noc(COC(=O)CCn3nc(C)cc3C)n2)ccc1OC(F)F. The fraction of sp³-hybridized carbons (Fsp3) is 0.368. The Morgan fingerprint density at radius 1 is 1.23 bits per heavy atom. The molecule has 0 aliphatic carbocycles. The van der Waals surface area contributed by atoms with Crippen LogP contribution < -0.4 is 9.47 Å². The average molecular weight is 422 g/mol. The summed E-state index contributed by atoms with van der Waals surface area (Å²) in [5.74, 6) is -0.175. The summed E-state index contributed by atoms with van der Waals surface area (Å²) in [6.07, 6.45) is 0.145. The number of esters is 1. The predicted octanol–water partition coefficient (Wildman–Crippen LogP) is 3.29. The number of carbonyl (C=O) groups is 1. The van der Waals surface area contributed by atoms with E-state index in [1.807, 2.05) is 19.9 Å². The maximum Gasteiger partial charge on any atom is 0.387 e. The molecule has 0 radical (unpaired) electrons. The van der Waals surface area contributed by atoms with Crippen molar-refractivity contribution >= 4 is 5.97 Å². The molecule has 0 saturated heterocycles. The van der Waals surface area contributed by atoms with E-state index in [2.05, 4.69) is 20.0 Å². The molecule has 3 rings (SSSR count). The van der Waals surface area contributed by atoms with Crippen LogP contribution in [0.25, 0.3) is 11.4 Å². The zero-order chi connectivity index (χ0) is 21.7. The Balaban J connectivity index is 1.57. The molecular formula is C19H20F2N4O5. The largest absolute Gasteiger partial charge is 0.493 e. The quantitative estimate of drug-likeness (QED) is 0.484. The number of carbonyl (C=O) groups excluding carboxylic acids is 1. The van der Waals surface area contributed by atoms with Gasteiger partial charge in [-0.1, -0.05) is 5.16 Å². The molecule has 2 aromatic heterocycles. The predicted molar refractivity (Wildman–Crippen MR) is 99.0 cm³/mol. The van der Waals surface area contributed by atoms with Crippen LogP contribution in [0, 0.1) is 13.8 Å². The highest BCUT2D eigenvalue weighted by atomic mass is 19.3. The second kappa shape index (κ2) is 9.33. The minimum absolute atomic E-state index is 0.0923. The minimum atomic E-state index is -2.97. The van der Waals surface area contributed by atoms with E-state index >= 15 is 0 Å². The third-order valence-corrected chi connectivity index (χ3v) is 4.09. The summed E-state index contributed by atoms with van der Waals surface area (Å²) in [5, 5.41) is 8.08. The second-order valence-corrected chi connectivity index (χ2v) is 6.32. The van der Waals surface area contributed by atoms with E-state index in [4.69, 9.17) is 14.0 Å². The van der Waals surface area contributed by atoms with E-state index in [0.717, 1.165) is 11.4 Å². The number of aromatic nitrogens is 4. The molecule has 0 amide bonds. The van der Waals surface area contributed by atoms with Crippen LogP contribution in [0.15, 0.2) is 28.8 Å². The molecule has 0 fully saturated rings. The van der Waals surface area contributed by atoms with E-state index in [-0.39, 0.29) is 36.2 Å². The molecule has 0 aliphatic heterocycles. The van der Waals surface area contributed by atoms with E-state index in [0.29, 0.717) is 12.1 Å². The summed E-state index contributed by atoms with van der Waals surface area (Å²) in [7, 11) is 1.32. The van der Waals surface area contributed by atoms with Gasteiger partial charge in [-0.15, -0.1) is 0 Å². The van der Waals surface area contributed by atoms with Gasteiger partial charge in [0.2, 0.25) is 5.82 Å². The lowest BCUT2D eigenvalue weighted by atomic mass is 10.2. The number of hydrogen-bond donors (Lipinski definition) is 0. The van der Waals surface area contributed by atoms with Gasteiger partial charge in [-0.25, -0.2) is 0 Å². The molecule has 0 saturated carbocycles. The van der Waals surface area contributed by atoms with Crippen molar-refractivity contribution in [3.8, 4) is 22.9 Å². The van der Waals surface area contributed by atoms with Crippen molar-refractivity contribution in [1.29, 1.82) is 0 Å². The van der Waals surface area contributed by atoms with Crippen molar-refractivity contribution in [2.45, 2.75) is 40.0 Å². The van der Waals surface area contributed by atoms with Crippen molar-refractivity contribution in [2.75, 3.05) is 7.11 Å². The normalized spacial score (nSPS) is 11.0. The van der Waals surface area contributed by atoms with Crippen LogP contribution in [-0.4, -0.2) is 39.6 Å². The summed E-state index contributed by atoms with van der Waals surface area (Å²) in [6, 6.07) is 6.16. The molecule has 0 N–H and O–H groups in total. The summed E-state index contributed by atoms with van der Waals surface area (Å²) >= 11 is 0. The molecule has 11 heteroatoms. The number of rotatable bonds is 9. The first kappa shape index (κ1) is 21.2. The Bertz CT molecular complexity index is 1020. The number of alkyl halides is 2. The molecule has 1 aromatic carbocycles. The average Bonchev–Trinajstić information content (AvgIpc) is 3.30. The smallest absolute Gasteiger partial charge is 0.387 e. The van der Waals surface area contributed by atoms with Gasteiger partial charge in [-0.2, -0.15) is 18.9 Å². The maximum atomic E-state index is 12.4. The van der Waals surface area contributed by atoms with Crippen molar-refractivity contribution in [3.63, 3.8) is 0 Å². The van der Waals surface area contributed by atoms with Gasteiger partial charge in [0.15, 0.2) is 18.1 Å². The lowest BCUT2D eigenvalue weighted by Gasteiger charge is -2.10. The molecule has 0 bridgehead atoms. The van der Waals surface area contributed by atoms with Crippen molar-refractivity contribution in [1.82, 2.24) is 19.9 Å². The highest BCUT2D eigenvalue weighted by Crippen LogP contribution is 2.32. The monoisotopic (exact) mass is 422 g/mol. The fourth-order valence-corrected chi connectivity index (χ4v) is 2.74. The van der Waals surface area contributed by atoms with Gasteiger partial charge in [0.25, 0.3) is 5.89 Å². The first-order valence-corrected chi connectivity index (χ1v) is 8.98. The number of ether oxygens (including phenoxy) is 3. The Morgan fingerprint density at radius 3 is 2.70 bits per heavy atom. The summed E-state index contributed by atoms with van der Waals surface area (Å²) in [6.45, 7) is 1.03. The zero-order valence-electron chi connectivity index (χ0n) is 16.6. The Morgan fingerprint density at radius 2 is 2.03 bits per heavy atom. The summed E-state index contributed by atoms with van der Waals surface area (Å²) in [5.41, 5.74) is 2.30. The van der Waals surface area contributed by atoms with Crippen LogP contribution >= 0.6 is 0 Å². The van der Waals surface area contributed by atoms with Crippen LogP contribution in [0.3, 0.4) is 0 Å². The molecule has 9 nitrogen and oxygen atoms in total. The lowest BCUT2D eigenvalue weighted by molar-refractivity contribution is -0.146. The molecule has 30 heavy (non-hydrogen) atoms. The highest BCUT2D eigenvalue weighted by molar-refractivity contribution is 5.69. The zero-order valence-corrected chi connectivity index (χ0v) is 16.6. The van der Waals surface area contributed by atoms with E-state index in [1.54, 1.807) is 4.68 Å². The van der Waals surface area contributed by atoms with Crippen LogP contribution in [0.4, 0.5) is 8.78 Å². The van der Waals surface area contributed by atoms with Gasteiger partial charge in [-0.05, 0) is 38.1 Å². The minimum Gasteiger partial charge on any atom is -0.493 e. The van der Waals surface area contributed by atoms with Gasteiger partial charge in [0.05, 0.1) is 25.8 Å². The third-order valence-electron chi connectivity index (χ3n) is 4.09. The van der Waals surface area contributed by atoms with E-state index in [1.165, 1.54) is 25.3 Å². The van der Waals surface area contributed by atoms with Gasteiger partial charge >= 0.3 is 12.6 Å². The van der Waals surface area contributed by atoms with Crippen LogP contribution in [0.2, 0.25) is 0 Å². The van der Waals surface area contributed by atoms with E-state index in [9.17, 15) is 13.6 Å². The first-order chi connectivity index (χ1) is 14.4. The van der Waals surface area contributed by atoms with E-state index < -0.39 is 12.6 Å².